The number of hydrogen-bond acceptors (Lipinski definition) is 4. The molecule has 0 radical (unpaired) electrons. The van der Waals surface area contributed by atoms with Crippen molar-refractivity contribution in [2.45, 2.75) is 26.9 Å². The smallest absolute Gasteiger partial charge is 0.272 e. The number of H-pyrrole nitrogens is 1. The van der Waals surface area contributed by atoms with Crippen LogP contribution in [0, 0.1) is 5.41 Å². The third-order valence-electron chi connectivity index (χ3n) is 3.37. The largest absolute Gasteiger partial charge is 0.391 e. The SMILES string of the molecule is CC(C)(C)C(O)CNC(=O)c1n[nH]c(=O)c2ccccc12. The Hall–Kier alpha value is -2.21. The maximum atomic E-state index is 12.2. The van der Waals surface area contributed by atoms with Crippen LogP contribution in [0.1, 0.15) is 31.3 Å². The zero-order valence-corrected chi connectivity index (χ0v) is 12.3. The molecule has 2 aromatic rings. The first-order valence-corrected chi connectivity index (χ1v) is 6.74. The summed E-state index contributed by atoms with van der Waals surface area (Å²) in [5.74, 6) is -0.425. The van der Waals surface area contributed by atoms with E-state index in [0.717, 1.165) is 0 Å². The molecule has 1 amide bonds. The van der Waals surface area contributed by atoms with Crippen molar-refractivity contribution in [2.75, 3.05) is 6.54 Å². The third-order valence-corrected chi connectivity index (χ3v) is 3.37. The molecule has 1 aromatic carbocycles. The van der Waals surface area contributed by atoms with E-state index in [1.807, 2.05) is 20.8 Å². The number of nitrogens with zero attached hydrogens (tertiary/aromatic N) is 1. The highest BCUT2D eigenvalue weighted by molar-refractivity contribution is 6.04. The van der Waals surface area contributed by atoms with Gasteiger partial charge in [0.15, 0.2) is 5.69 Å². The summed E-state index contributed by atoms with van der Waals surface area (Å²) in [7, 11) is 0. The van der Waals surface area contributed by atoms with Crippen molar-refractivity contribution < 1.29 is 9.90 Å². The molecule has 0 saturated heterocycles. The van der Waals surface area contributed by atoms with E-state index in [1.54, 1.807) is 24.3 Å². The zero-order chi connectivity index (χ0) is 15.6. The van der Waals surface area contributed by atoms with E-state index in [-0.39, 0.29) is 23.2 Å². The van der Waals surface area contributed by atoms with Gasteiger partial charge >= 0.3 is 0 Å². The molecule has 0 aliphatic carbocycles. The molecule has 1 heterocycles. The molecule has 2 rings (SSSR count). The van der Waals surface area contributed by atoms with Gasteiger partial charge < -0.3 is 10.4 Å². The minimum Gasteiger partial charge on any atom is -0.391 e. The van der Waals surface area contributed by atoms with Crippen LogP contribution in [0.3, 0.4) is 0 Å². The molecule has 0 aliphatic heterocycles. The second-order valence-electron chi connectivity index (χ2n) is 6.04. The second kappa shape index (κ2) is 5.65. The normalized spacial score (nSPS) is 13.1. The Morgan fingerprint density at radius 1 is 1.33 bits per heavy atom. The molecule has 0 fully saturated rings. The summed E-state index contributed by atoms with van der Waals surface area (Å²) < 4.78 is 0. The number of aromatic nitrogens is 2. The van der Waals surface area contributed by atoms with Gasteiger partial charge in [-0.05, 0) is 11.5 Å². The number of carbonyl (C=O) groups excluding carboxylic acids is 1. The van der Waals surface area contributed by atoms with Crippen LogP contribution in [0.15, 0.2) is 29.1 Å². The number of rotatable bonds is 3. The average Bonchev–Trinajstić information content (AvgIpc) is 2.44. The van der Waals surface area contributed by atoms with Crippen molar-refractivity contribution in [3.63, 3.8) is 0 Å². The molecule has 6 heteroatoms. The van der Waals surface area contributed by atoms with Crippen LogP contribution < -0.4 is 10.9 Å². The van der Waals surface area contributed by atoms with Crippen LogP contribution >= 0.6 is 0 Å². The Morgan fingerprint density at radius 3 is 2.57 bits per heavy atom. The predicted octanol–water partition coefficient (Wildman–Crippen LogP) is 1.06. The Morgan fingerprint density at radius 2 is 1.95 bits per heavy atom. The maximum absolute atomic E-state index is 12.2. The van der Waals surface area contributed by atoms with Crippen LogP contribution in [-0.4, -0.2) is 33.9 Å². The van der Waals surface area contributed by atoms with Gasteiger partial charge in [-0.2, -0.15) is 5.10 Å². The Kier molecular flexibility index (Phi) is 4.09. The lowest BCUT2D eigenvalue weighted by Crippen LogP contribution is -2.39. The monoisotopic (exact) mass is 289 g/mol. The summed E-state index contributed by atoms with van der Waals surface area (Å²) in [5, 5.41) is 19.6. The van der Waals surface area contributed by atoms with Crippen LogP contribution in [0.25, 0.3) is 10.8 Å². The number of fused-ring (bicyclic) bond motifs is 1. The first-order chi connectivity index (χ1) is 9.80. The van der Waals surface area contributed by atoms with E-state index >= 15 is 0 Å². The van der Waals surface area contributed by atoms with Crippen LogP contribution in [0.4, 0.5) is 0 Å². The molecule has 1 atom stereocenters. The van der Waals surface area contributed by atoms with Crippen molar-refractivity contribution in [3.8, 4) is 0 Å². The number of amides is 1. The minimum absolute atomic E-state index is 0.122. The first-order valence-electron chi connectivity index (χ1n) is 6.74. The van der Waals surface area contributed by atoms with Crippen molar-refractivity contribution in [3.05, 3.63) is 40.3 Å². The van der Waals surface area contributed by atoms with E-state index in [4.69, 9.17) is 0 Å². The molecular formula is C15H19N3O3. The van der Waals surface area contributed by atoms with Gasteiger partial charge in [0.1, 0.15) is 0 Å². The topological polar surface area (TPSA) is 95.1 Å². The molecule has 1 unspecified atom stereocenters. The van der Waals surface area contributed by atoms with E-state index in [1.165, 1.54) is 0 Å². The number of aliphatic hydroxyl groups is 1. The summed E-state index contributed by atoms with van der Waals surface area (Å²) in [6.45, 7) is 5.78. The van der Waals surface area contributed by atoms with Crippen molar-refractivity contribution in [1.82, 2.24) is 15.5 Å². The molecule has 0 saturated carbocycles. The summed E-state index contributed by atoms with van der Waals surface area (Å²) in [6.07, 6.45) is -0.671. The fourth-order valence-corrected chi connectivity index (χ4v) is 1.87. The lowest BCUT2D eigenvalue weighted by molar-refractivity contribution is 0.0585. The summed E-state index contributed by atoms with van der Waals surface area (Å²) in [4.78, 5) is 23.9. The van der Waals surface area contributed by atoms with Crippen molar-refractivity contribution in [1.29, 1.82) is 0 Å². The molecule has 0 aliphatic rings. The van der Waals surface area contributed by atoms with Gasteiger partial charge in [-0.3, -0.25) is 9.59 Å². The lowest BCUT2D eigenvalue weighted by Gasteiger charge is -2.25. The number of hydrogen-bond donors (Lipinski definition) is 3. The molecule has 0 spiro atoms. The summed E-state index contributed by atoms with van der Waals surface area (Å²) in [5.41, 5.74) is -0.517. The second-order valence-corrected chi connectivity index (χ2v) is 6.04. The predicted molar refractivity (Wildman–Crippen MR) is 80.2 cm³/mol. The van der Waals surface area contributed by atoms with Gasteiger partial charge in [0, 0.05) is 11.9 Å². The first kappa shape index (κ1) is 15.2. The molecule has 3 N–H and O–H groups in total. The van der Waals surface area contributed by atoms with Gasteiger partial charge in [0.2, 0.25) is 0 Å². The standard InChI is InChI=1S/C15H19N3O3/c1-15(2,3)11(19)8-16-14(21)12-9-6-4-5-7-10(9)13(20)18-17-12/h4-7,11,19H,8H2,1-3H3,(H,16,21)(H,18,20). The molecule has 21 heavy (non-hydrogen) atoms. The number of benzene rings is 1. The summed E-state index contributed by atoms with van der Waals surface area (Å²) in [6, 6.07) is 6.77. The fourth-order valence-electron chi connectivity index (χ4n) is 1.87. The van der Waals surface area contributed by atoms with Gasteiger partial charge in [-0.25, -0.2) is 5.10 Å². The quantitative estimate of drug-likeness (QED) is 0.787. The van der Waals surface area contributed by atoms with Crippen molar-refractivity contribution >= 4 is 16.7 Å². The Balaban J connectivity index is 2.25. The van der Waals surface area contributed by atoms with Gasteiger partial charge in [0.05, 0.1) is 11.5 Å². The van der Waals surface area contributed by atoms with E-state index in [9.17, 15) is 14.7 Å². The van der Waals surface area contributed by atoms with Gasteiger partial charge in [-0.15, -0.1) is 0 Å². The molecule has 1 aromatic heterocycles. The minimum atomic E-state index is -0.671. The van der Waals surface area contributed by atoms with Crippen molar-refractivity contribution in [2.24, 2.45) is 5.41 Å². The highest BCUT2D eigenvalue weighted by Gasteiger charge is 2.23. The molecule has 0 bridgehead atoms. The van der Waals surface area contributed by atoms with Gasteiger partial charge in [0.25, 0.3) is 11.5 Å². The maximum Gasteiger partial charge on any atom is 0.272 e. The number of nitrogens with one attached hydrogen (secondary N) is 2. The zero-order valence-electron chi connectivity index (χ0n) is 12.3. The van der Waals surface area contributed by atoms with Crippen LogP contribution in [-0.2, 0) is 0 Å². The highest BCUT2D eigenvalue weighted by atomic mass is 16.3. The van der Waals surface area contributed by atoms with Crippen LogP contribution in [0.2, 0.25) is 0 Å². The Bertz CT molecular complexity index is 716. The lowest BCUT2D eigenvalue weighted by atomic mass is 9.89. The van der Waals surface area contributed by atoms with E-state index < -0.39 is 12.0 Å². The number of aliphatic hydroxyl groups excluding tert-OH is 1. The van der Waals surface area contributed by atoms with Crippen LogP contribution in [0.5, 0.6) is 0 Å². The number of carbonyl (C=O) groups is 1. The Labute approximate surface area is 122 Å². The third kappa shape index (κ3) is 3.28. The number of aromatic amines is 1. The van der Waals surface area contributed by atoms with E-state index in [0.29, 0.717) is 10.8 Å². The molecule has 112 valence electrons. The highest BCUT2D eigenvalue weighted by Crippen LogP contribution is 2.18. The summed E-state index contributed by atoms with van der Waals surface area (Å²) >= 11 is 0. The fraction of sp³-hybridized carbons (Fsp3) is 0.400. The molecular weight excluding hydrogens is 270 g/mol. The van der Waals surface area contributed by atoms with Gasteiger partial charge in [-0.1, -0.05) is 39.0 Å². The average molecular weight is 289 g/mol. The van der Waals surface area contributed by atoms with E-state index in [2.05, 4.69) is 15.5 Å². The molecule has 6 nitrogen and oxygen atoms in total.